The Morgan fingerprint density at radius 2 is 0.747 bits per heavy atom. The van der Waals surface area contributed by atoms with Crippen molar-refractivity contribution in [1.29, 1.82) is 0 Å². The number of aliphatic hydroxyl groups excluding tert-OH is 3. The summed E-state index contributed by atoms with van der Waals surface area (Å²) < 4.78 is 43.9. The highest BCUT2D eigenvalue weighted by atomic mass is 32.2. The van der Waals surface area contributed by atoms with Crippen LogP contribution in [0.2, 0.25) is 0 Å². The maximum Gasteiger partial charge on any atom is 0.261 e. The van der Waals surface area contributed by atoms with Crippen LogP contribution in [0.1, 0.15) is 70.8 Å². The van der Waals surface area contributed by atoms with Crippen molar-refractivity contribution in [1.82, 2.24) is 43.6 Å². The molecule has 486 valence electrons. The molecule has 6 aromatic carbocycles. The first-order valence-corrected chi connectivity index (χ1v) is 35.6. The highest BCUT2D eigenvalue weighted by molar-refractivity contribution is 7.98. The Bertz CT molecular complexity index is 4860. The van der Waals surface area contributed by atoms with Crippen LogP contribution in [0.5, 0.6) is 0 Å². The Kier molecular flexibility index (Phi) is 19.7. The van der Waals surface area contributed by atoms with Gasteiger partial charge in [0.1, 0.15) is 10.1 Å². The van der Waals surface area contributed by atoms with Crippen molar-refractivity contribution < 1.29 is 37.9 Å². The molecule has 3 aliphatic rings. The first-order chi connectivity index (χ1) is 46.2. The summed E-state index contributed by atoms with van der Waals surface area (Å²) in [5, 5.41) is 40.7. The van der Waals surface area contributed by atoms with Crippen molar-refractivity contribution in [3.05, 3.63) is 229 Å². The zero-order valence-corrected chi connectivity index (χ0v) is 54.8. The number of benzene rings is 6. The van der Waals surface area contributed by atoms with Crippen LogP contribution < -0.4 is 16.7 Å². The third-order valence-corrected chi connectivity index (χ3v) is 20.3. The van der Waals surface area contributed by atoms with E-state index in [1.165, 1.54) is 0 Å². The average Bonchev–Trinajstić information content (AvgIpc) is 0.773. The third-order valence-electron chi connectivity index (χ3n) is 18.0. The molecule has 2 unspecified atom stereocenters. The van der Waals surface area contributed by atoms with Gasteiger partial charge in [-0.05, 0) is 131 Å². The SMILES string of the molecule is CS(=O)c1ccc(Cc2cc3c(=O)n([C@H]4CCOC[C@@H]4O)cnc3c3ccccc23)cn1.CS(=O)c1ccc(Cc2cc3c(=O)n([C@H]4CCOC[C@@H]4O)cnc3c3ccccc23)cn1.CSc1ccc(Cc2cc3c(=O)n([C@H]4CCOC[C@@H]4O)cnc3c3ccccc23)cn1. The van der Waals surface area contributed by atoms with Gasteiger partial charge in [0.15, 0.2) is 0 Å². The summed E-state index contributed by atoms with van der Waals surface area (Å²) in [5.41, 5.74) is 7.61. The lowest BCUT2D eigenvalue weighted by Gasteiger charge is -2.29. The summed E-state index contributed by atoms with van der Waals surface area (Å²) in [6, 6.07) is 40.1. The number of hydrogen-bond donors (Lipinski definition) is 3. The molecule has 3 saturated heterocycles. The molecule has 6 aromatic heterocycles. The highest BCUT2D eigenvalue weighted by Gasteiger charge is 2.30. The van der Waals surface area contributed by atoms with E-state index in [1.54, 1.807) is 81.5 Å². The molecule has 3 fully saturated rings. The van der Waals surface area contributed by atoms with Gasteiger partial charge in [-0.25, -0.2) is 29.9 Å². The fourth-order valence-corrected chi connectivity index (χ4v) is 14.4. The zero-order chi connectivity index (χ0) is 65.9. The number of pyridine rings is 3. The van der Waals surface area contributed by atoms with Crippen LogP contribution in [0.3, 0.4) is 0 Å². The Labute approximate surface area is 554 Å². The summed E-state index contributed by atoms with van der Waals surface area (Å²) in [5.74, 6) is 0. The number of hydrogen-bond acceptors (Lipinski definition) is 18. The average molecular weight is 1330 g/mol. The second-order valence-corrected chi connectivity index (χ2v) is 27.4. The lowest BCUT2D eigenvalue weighted by Crippen LogP contribution is -2.39. The van der Waals surface area contributed by atoms with Gasteiger partial charge in [-0.2, -0.15) is 0 Å². The van der Waals surface area contributed by atoms with Gasteiger partial charge in [-0.3, -0.25) is 36.5 Å². The molecule has 20 nitrogen and oxygen atoms in total. The lowest BCUT2D eigenvalue weighted by atomic mass is 9.96. The normalized spacial score (nSPS) is 19.7. The summed E-state index contributed by atoms with van der Waals surface area (Å²) >= 11 is 1.61. The molecule has 3 N–H and O–H groups in total. The van der Waals surface area contributed by atoms with E-state index in [0.29, 0.717) is 101 Å². The molecule has 8 atom stereocenters. The fraction of sp³-hybridized carbons (Fsp3) is 0.292. The van der Waals surface area contributed by atoms with E-state index in [0.717, 1.165) is 70.7 Å². The van der Waals surface area contributed by atoms with E-state index in [-0.39, 0.29) is 54.6 Å². The fourth-order valence-electron chi connectivity index (χ4n) is 13.1. The molecule has 0 amide bonds. The van der Waals surface area contributed by atoms with Gasteiger partial charge in [0.2, 0.25) is 0 Å². The minimum absolute atomic E-state index is 0.126. The van der Waals surface area contributed by atoms with Crippen LogP contribution in [-0.2, 0) is 55.1 Å². The van der Waals surface area contributed by atoms with Crippen molar-refractivity contribution in [3.8, 4) is 0 Å². The molecule has 23 heteroatoms. The van der Waals surface area contributed by atoms with Crippen LogP contribution in [0, 0.1) is 0 Å². The van der Waals surface area contributed by atoms with Gasteiger partial charge in [-0.1, -0.05) is 91.0 Å². The summed E-state index contributed by atoms with van der Waals surface area (Å²) in [4.78, 5) is 67.4. The highest BCUT2D eigenvalue weighted by Crippen LogP contribution is 2.33. The second kappa shape index (κ2) is 28.8. The van der Waals surface area contributed by atoms with E-state index in [9.17, 15) is 38.1 Å². The topological polar surface area (TPSA) is 266 Å². The summed E-state index contributed by atoms with van der Waals surface area (Å²) in [6.07, 6.45) is 16.6. The van der Waals surface area contributed by atoms with Gasteiger partial charge >= 0.3 is 0 Å². The monoisotopic (exact) mass is 1330 g/mol. The van der Waals surface area contributed by atoms with Crippen molar-refractivity contribution in [3.63, 3.8) is 0 Å². The predicted octanol–water partition coefficient (Wildman–Crippen LogP) is 8.77. The van der Waals surface area contributed by atoms with Crippen molar-refractivity contribution in [2.24, 2.45) is 0 Å². The number of ether oxygens (including phenoxy) is 3. The number of rotatable bonds is 12. The molecule has 12 aromatic rings. The number of fused-ring (bicyclic) bond motifs is 9. The van der Waals surface area contributed by atoms with E-state index >= 15 is 0 Å². The van der Waals surface area contributed by atoms with Gasteiger partial charge in [0, 0.05) is 67.1 Å². The van der Waals surface area contributed by atoms with E-state index < -0.39 is 39.9 Å². The molecule has 0 bridgehead atoms. The molecule has 0 saturated carbocycles. The van der Waals surface area contributed by atoms with Crippen LogP contribution in [0.15, 0.2) is 194 Å². The first kappa shape index (κ1) is 65.1. The standard InChI is InChI=1S/2C24H23N3O4S.C24H23N3O3S/c2*1-32(30)22-7-6-15(12-25-22)10-16-11-19-23(18-5-3-2-4-17(16)18)26-14-27(24(19)29)20-8-9-31-13-21(20)28;1-31-22-7-6-15(12-25-22)10-16-11-19-23(18-5-3-2-4-17(16)18)26-14-27(24(19)29)20-8-9-30-13-21(20)28/h2*2-7,11-12,14,20-21,28H,8-10,13H2,1H3;2-7,11-12,14,20-21,28H,8-10,13H2,1H3/t2*20-,21-,32?;20-,21-/m000/s1. The number of aliphatic hydroxyl groups is 3. The van der Waals surface area contributed by atoms with Gasteiger partial charge in [-0.15, -0.1) is 11.8 Å². The van der Waals surface area contributed by atoms with Crippen LogP contribution in [0.25, 0.3) is 65.0 Å². The predicted molar refractivity (Wildman–Crippen MR) is 370 cm³/mol. The Balaban J connectivity index is 0.000000129. The molecule has 0 spiro atoms. The van der Waals surface area contributed by atoms with E-state index in [4.69, 9.17) is 14.2 Å². The van der Waals surface area contributed by atoms with Crippen molar-refractivity contribution in [2.75, 3.05) is 58.4 Å². The van der Waals surface area contributed by atoms with E-state index in [1.807, 2.05) is 116 Å². The van der Waals surface area contributed by atoms with Crippen molar-refractivity contribution in [2.45, 2.75) is 90.0 Å². The van der Waals surface area contributed by atoms with Gasteiger partial charge in [0.05, 0.1) is 135 Å². The Morgan fingerprint density at radius 3 is 1.02 bits per heavy atom. The quantitative estimate of drug-likeness (QED) is 0.0762. The van der Waals surface area contributed by atoms with Crippen LogP contribution in [0.4, 0.5) is 0 Å². The molecule has 15 rings (SSSR count). The van der Waals surface area contributed by atoms with E-state index in [2.05, 4.69) is 42.0 Å². The largest absolute Gasteiger partial charge is 0.389 e. The Hall–Kier alpha value is -8.62. The third kappa shape index (κ3) is 13.7. The van der Waals surface area contributed by atoms with Gasteiger partial charge in [0.25, 0.3) is 16.7 Å². The van der Waals surface area contributed by atoms with Crippen LogP contribution >= 0.6 is 11.8 Å². The zero-order valence-electron chi connectivity index (χ0n) is 52.4. The molecule has 9 heterocycles. The lowest BCUT2D eigenvalue weighted by molar-refractivity contribution is -0.0395. The maximum absolute atomic E-state index is 13.5. The first-order valence-electron chi connectivity index (χ1n) is 31.3. The summed E-state index contributed by atoms with van der Waals surface area (Å²) in [7, 11) is -2.26. The molecular formula is C72H69N9O11S3. The smallest absolute Gasteiger partial charge is 0.261 e. The Morgan fingerprint density at radius 1 is 0.432 bits per heavy atom. The minimum atomic E-state index is -1.13. The molecule has 0 radical (unpaired) electrons. The number of thioether (sulfide) groups is 1. The molecular weight excluding hydrogens is 1260 g/mol. The van der Waals surface area contributed by atoms with Crippen molar-refractivity contribution >= 4 is 98.4 Å². The number of nitrogens with zero attached hydrogens (tertiary/aromatic N) is 9. The number of aromatic nitrogens is 9. The van der Waals surface area contributed by atoms with Gasteiger partial charge < -0.3 is 29.5 Å². The second-order valence-electron chi connectivity index (χ2n) is 24.0. The molecule has 0 aliphatic carbocycles. The summed E-state index contributed by atoms with van der Waals surface area (Å²) in [6.45, 7) is 2.18. The molecule has 95 heavy (non-hydrogen) atoms. The minimum Gasteiger partial charge on any atom is -0.389 e. The molecule has 3 aliphatic heterocycles. The van der Waals surface area contributed by atoms with Crippen LogP contribution in [-0.4, -0.2) is 144 Å². The maximum atomic E-state index is 13.5.